The Balaban J connectivity index is 1.88. The highest BCUT2D eigenvalue weighted by atomic mass is 16.1. The van der Waals surface area contributed by atoms with Crippen molar-refractivity contribution in [3.8, 4) is 0 Å². The molecule has 1 atom stereocenters. The van der Waals surface area contributed by atoms with Crippen LogP contribution in [0.4, 0.5) is 0 Å². The number of nitrogens with zero attached hydrogens (tertiary/aromatic N) is 3. The summed E-state index contributed by atoms with van der Waals surface area (Å²) in [5.74, 6) is -0.165. The fourth-order valence-electron chi connectivity index (χ4n) is 2.47. The van der Waals surface area contributed by atoms with Crippen molar-refractivity contribution in [1.29, 1.82) is 0 Å². The Morgan fingerprint density at radius 3 is 2.46 bits per heavy atom. The summed E-state index contributed by atoms with van der Waals surface area (Å²) in [5.41, 5.74) is 2.33. The molecule has 2 aromatic heterocycles. The zero-order valence-electron chi connectivity index (χ0n) is 13.8. The Hall–Kier alpha value is -2.95. The van der Waals surface area contributed by atoms with Crippen molar-refractivity contribution in [2.24, 2.45) is 0 Å². The average molecular weight is 320 g/mol. The van der Waals surface area contributed by atoms with E-state index in [1.54, 1.807) is 23.3 Å². The smallest absolute Gasteiger partial charge is 0.255 e. The summed E-state index contributed by atoms with van der Waals surface area (Å²) in [7, 11) is 0. The topological polar surface area (TPSA) is 59.8 Å². The number of pyridine rings is 1. The largest absolute Gasteiger partial charge is 0.339 e. The van der Waals surface area contributed by atoms with E-state index in [1.807, 2.05) is 62.4 Å². The van der Waals surface area contributed by atoms with Gasteiger partial charge in [0.2, 0.25) is 0 Å². The number of benzene rings is 1. The molecule has 0 saturated heterocycles. The van der Waals surface area contributed by atoms with Crippen molar-refractivity contribution in [1.82, 2.24) is 20.1 Å². The highest BCUT2D eigenvalue weighted by molar-refractivity contribution is 5.94. The van der Waals surface area contributed by atoms with Gasteiger partial charge in [0, 0.05) is 18.4 Å². The van der Waals surface area contributed by atoms with Gasteiger partial charge in [0.05, 0.1) is 23.5 Å². The van der Waals surface area contributed by atoms with E-state index in [2.05, 4.69) is 15.4 Å². The van der Waals surface area contributed by atoms with E-state index < -0.39 is 0 Å². The highest BCUT2D eigenvalue weighted by Gasteiger charge is 2.19. The van der Waals surface area contributed by atoms with Gasteiger partial charge in [-0.1, -0.05) is 36.4 Å². The van der Waals surface area contributed by atoms with Crippen LogP contribution >= 0.6 is 0 Å². The molecule has 0 bridgehead atoms. The summed E-state index contributed by atoms with van der Waals surface area (Å²) < 4.78 is 1.77. The number of aromatic nitrogens is 3. The first-order valence-electron chi connectivity index (χ1n) is 7.96. The lowest BCUT2D eigenvalue weighted by Gasteiger charge is -2.18. The summed E-state index contributed by atoms with van der Waals surface area (Å²) in [6.45, 7) is 4.05. The van der Waals surface area contributed by atoms with Gasteiger partial charge in [-0.2, -0.15) is 5.10 Å². The van der Waals surface area contributed by atoms with E-state index in [-0.39, 0.29) is 18.0 Å². The van der Waals surface area contributed by atoms with Crippen molar-refractivity contribution in [3.63, 3.8) is 0 Å². The number of hydrogen-bond donors (Lipinski definition) is 1. The third kappa shape index (κ3) is 3.51. The first-order chi connectivity index (χ1) is 11.6. The summed E-state index contributed by atoms with van der Waals surface area (Å²) >= 11 is 0. The summed E-state index contributed by atoms with van der Waals surface area (Å²) in [4.78, 5) is 17.0. The van der Waals surface area contributed by atoms with Gasteiger partial charge in [-0.05, 0) is 31.5 Å². The van der Waals surface area contributed by atoms with Gasteiger partial charge in [0.1, 0.15) is 0 Å². The van der Waals surface area contributed by atoms with Crippen molar-refractivity contribution < 1.29 is 4.79 Å². The average Bonchev–Trinajstić information content (AvgIpc) is 3.11. The molecule has 0 saturated carbocycles. The van der Waals surface area contributed by atoms with Crippen molar-refractivity contribution >= 4 is 5.91 Å². The zero-order valence-corrected chi connectivity index (χ0v) is 13.8. The van der Waals surface area contributed by atoms with Gasteiger partial charge in [-0.15, -0.1) is 0 Å². The quantitative estimate of drug-likeness (QED) is 0.784. The highest BCUT2D eigenvalue weighted by Crippen LogP contribution is 2.20. The number of nitrogens with one attached hydrogen (secondary N) is 1. The van der Waals surface area contributed by atoms with Gasteiger partial charge in [-0.25, -0.2) is 0 Å². The van der Waals surface area contributed by atoms with Crippen molar-refractivity contribution in [3.05, 3.63) is 83.9 Å². The lowest BCUT2D eigenvalue weighted by Crippen LogP contribution is -2.29. The lowest BCUT2D eigenvalue weighted by molar-refractivity contribution is 0.0942. The van der Waals surface area contributed by atoms with Crippen LogP contribution in [0.2, 0.25) is 0 Å². The molecule has 0 unspecified atom stereocenters. The normalized spacial score (nSPS) is 12.1. The van der Waals surface area contributed by atoms with E-state index in [0.29, 0.717) is 5.56 Å². The Morgan fingerprint density at radius 2 is 1.83 bits per heavy atom. The number of amides is 1. The SMILES string of the molecule is CC(C)n1cc(C(=O)N[C@@H](c2ccccc2)c2ccccn2)cn1. The molecule has 3 aromatic rings. The molecule has 1 aromatic carbocycles. The van der Waals surface area contributed by atoms with Crippen LogP contribution in [0, 0.1) is 0 Å². The molecule has 0 fully saturated rings. The molecule has 3 rings (SSSR count). The van der Waals surface area contributed by atoms with Crippen LogP contribution in [-0.2, 0) is 0 Å². The van der Waals surface area contributed by atoms with Crippen LogP contribution in [0.3, 0.4) is 0 Å². The molecular weight excluding hydrogens is 300 g/mol. The Labute approximate surface area is 141 Å². The number of hydrogen-bond acceptors (Lipinski definition) is 3. The molecular formula is C19H20N4O. The number of carbonyl (C=O) groups excluding carboxylic acids is 1. The standard InChI is InChI=1S/C19H20N4O/c1-14(2)23-13-16(12-21-23)19(24)22-18(15-8-4-3-5-9-15)17-10-6-7-11-20-17/h3-14,18H,1-2H3,(H,22,24)/t18-/m0/s1. The first kappa shape index (κ1) is 15.9. The van der Waals surface area contributed by atoms with Crippen molar-refractivity contribution in [2.45, 2.75) is 25.9 Å². The van der Waals surface area contributed by atoms with E-state index in [1.165, 1.54) is 0 Å². The van der Waals surface area contributed by atoms with E-state index in [4.69, 9.17) is 0 Å². The molecule has 0 aliphatic rings. The Bertz CT molecular complexity index is 757. The fraction of sp³-hybridized carbons (Fsp3) is 0.211. The fourth-order valence-corrected chi connectivity index (χ4v) is 2.47. The van der Waals surface area contributed by atoms with Gasteiger partial charge in [0.25, 0.3) is 5.91 Å². The molecule has 5 heteroatoms. The maximum atomic E-state index is 12.6. The summed E-state index contributed by atoms with van der Waals surface area (Å²) in [5, 5.41) is 7.29. The van der Waals surface area contributed by atoms with Gasteiger partial charge >= 0.3 is 0 Å². The molecule has 2 heterocycles. The summed E-state index contributed by atoms with van der Waals surface area (Å²) in [6, 6.07) is 15.4. The van der Waals surface area contributed by atoms with Gasteiger partial charge in [0.15, 0.2) is 0 Å². The van der Waals surface area contributed by atoms with Gasteiger partial charge < -0.3 is 5.32 Å². The maximum Gasteiger partial charge on any atom is 0.255 e. The lowest BCUT2D eigenvalue weighted by atomic mass is 10.0. The molecule has 0 spiro atoms. The van der Waals surface area contributed by atoms with E-state index in [9.17, 15) is 4.79 Å². The van der Waals surface area contributed by atoms with Crippen LogP contribution in [0.15, 0.2) is 67.1 Å². The third-order valence-corrected chi connectivity index (χ3v) is 3.78. The number of rotatable bonds is 5. The maximum absolute atomic E-state index is 12.6. The predicted molar refractivity (Wildman–Crippen MR) is 92.6 cm³/mol. The first-order valence-corrected chi connectivity index (χ1v) is 7.96. The molecule has 5 nitrogen and oxygen atoms in total. The Morgan fingerprint density at radius 1 is 1.08 bits per heavy atom. The van der Waals surface area contributed by atoms with Crippen LogP contribution < -0.4 is 5.32 Å². The monoisotopic (exact) mass is 320 g/mol. The predicted octanol–water partition coefficient (Wildman–Crippen LogP) is 3.38. The molecule has 0 radical (unpaired) electrons. The minimum atomic E-state index is -0.303. The minimum absolute atomic E-state index is 0.165. The molecule has 0 aliphatic heterocycles. The molecule has 1 N–H and O–H groups in total. The Kier molecular flexibility index (Phi) is 4.70. The minimum Gasteiger partial charge on any atom is -0.339 e. The second-order valence-corrected chi connectivity index (χ2v) is 5.87. The zero-order chi connectivity index (χ0) is 16.9. The van der Waals surface area contributed by atoms with Crippen LogP contribution in [0.5, 0.6) is 0 Å². The second kappa shape index (κ2) is 7.08. The van der Waals surface area contributed by atoms with E-state index in [0.717, 1.165) is 11.3 Å². The second-order valence-electron chi connectivity index (χ2n) is 5.87. The molecule has 0 aliphatic carbocycles. The molecule has 1 amide bonds. The van der Waals surface area contributed by atoms with Crippen LogP contribution in [0.25, 0.3) is 0 Å². The molecule has 122 valence electrons. The van der Waals surface area contributed by atoms with Crippen LogP contribution in [0.1, 0.15) is 47.5 Å². The summed E-state index contributed by atoms with van der Waals surface area (Å²) in [6.07, 6.45) is 5.09. The van der Waals surface area contributed by atoms with Crippen LogP contribution in [-0.4, -0.2) is 20.7 Å². The molecule has 24 heavy (non-hydrogen) atoms. The van der Waals surface area contributed by atoms with Gasteiger partial charge in [-0.3, -0.25) is 14.5 Å². The third-order valence-electron chi connectivity index (χ3n) is 3.78. The van der Waals surface area contributed by atoms with E-state index >= 15 is 0 Å². The van der Waals surface area contributed by atoms with Crippen molar-refractivity contribution in [2.75, 3.05) is 0 Å². The number of carbonyl (C=O) groups is 1.